The Balaban J connectivity index is 2.28. The van der Waals surface area contributed by atoms with Crippen molar-refractivity contribution in [3.8, 4) is 0 Å². The van der Waals surface area contributed by atoms with Crippen molar-refractivity contribution in [1.82, 2.24) is 5.32 Å². The number of carbonyl (C=O) groups excluding carboxylic acids is 1. The molecule has 1 atom stereocenters. The van der Waals surface area contributed by atoms with Gasteiger partial charge >= 0.3 is 0 Å². The second-order valence-corrected chi connectivity index (χ2v) is 6.76. The lowest BCUT2D eigenvalue weighted by Gasteiger charge is -2.29. The minimum Gasteiger partial charge on any atom is -0.342 e. The largest absolute Gasteiger partial charge is 0.342 e. The van der Waals surface area contributed by atoms with Crippen molar-refractivity contribution in [1.29, 1.82) is 0 Å². The van der Waals surface area contributed by atoms with Crippen molar-refractivity contribution in [2.24, 2.45) is 0 Å². The Kier molecular flexibility index (Phi) is 5.47. The van der Waals surface area contributed by atoms with E-state index in [0.717, 1.165) is 5.56 Å². The van der Waals surface area contributed by atoms with Gasteiger partial charge in [0.1, 0.15) is 0 Å². The Morgan fingerprint density at radius 2 is 1.90 bits per heavy atom. The van der Waals surface area contributed by atoms with E-state index in [2.05, 4.69) is 37.2 Å². The van der Waals surface area contributed by atoms with E-state index >= 15 is 0 Å². The SMILES string of the molecule is CC(CBr)(NC(=O)c1ccc(Cl)cc1Br)c1ccccc1. The zero-order chi connectivity index (χ0) is 15.5. The smallest absolute Gasteiger partial charge is 0.253 e. The molecule has 2 aromatic carbocycles. The second kappa shape index (κ2) is 6.95. The highest BCUT2D eigenvalue weighted by Gasteiger charge is 2.28. The average molecular weight is 432 g/mol. The number of hydrogen-bond acceptors (Lipinski definition) is 1. The van der Waals surface area contributed by atoms with Crippen LogP contribution in [0.5, 0.6) is 0 Å². The number of carbonyl (C=O) groups is 1. The highest BCUT2D eigenvalue weighted by molar-refractivity contribution is 9.10. The Bertz CT molecular complexity index is 648. The van der Waals surface area contributed by atoms with Gasteiger partial charge in [-0.3, -0.25) is 4.79 Å². The number of alkyl halides is 1. The van der Waals surface area contributed by atoms with Crippen LogP contribution in [0.2, 0.25) is 5.02 Å². The quantitative estimate of drug-likeness (QED) is 0.667. The van der Waals surface area contributed by atoms with Gasteiger partial charge in [0.15, 0.2) is 0 Å². The average Bonchev–Trinajstić information content (AvgIpc) is 2.47. The normalized spacial score (nSPS) is 13.5. The third-order valence-electron chi connectivity index (χ3n) is 3.24. The fourth-order valence-corrected chi connectivity index (χ4v) is 3.31. The van der Waals surface area contributed by atoms with Gasteiger partial charge < -0.3 is 5.32 Å². The van der Waals surface area contributed by atoms with Crippen molar-refractivity contribution in [2.45, 2.75) is 12.5 Å². The van der Waals surface area contributed by atoms with Gasteiger partial charge in [0.25, 0.3) is 5.91 Å². The summed E-state index contributed by atoms with van der Waals surface area (Å²) in [5.41, 5.74) is 1.11. The zero-order valence-electron chi connectivity index (χ0n) is 11.4. The van der Waals surface area contributed by atoms with Crippen LogP contribution in [0.4, 0.5) is 0 Å². The number of rotatable bonds is 4. The summed E-state index contributed by atoms with van der Waals surface area (Å²) >= 11 is 12.8. The van der Waals surface area contributed by atoms with Crippen LogP contribution < -0.4 is 5.32 Å². The molecule has 0 spiro atoms. The summed E-state index contributed by atoms with van der Waals surface area (Å²) in [7, 11) is 0. The summed E-state index contributed by atoms with van der Waals surface area (Å²) < 4.78 is 0.678. The number of nitrogens with one attached hydrogen (secondary N) is 1. The van der Waals surface area contributed by atoms with Crippen LogP contribution in [0.3, 0.4) is 0 Å². The van der Waals surface area contributed by atoms with E-state index in [9.17, 15) is 4.79 Å². The van der Waals surface area contributed by atoms with E-state index in [0.29, 0.717) is 20.4 Å². The third-order valence-corrected chi connectivity index (χ3v) is 5.26. The highest BCUT2D eigenvalue weighted by Crippen LogP contribution is 2.26. The van der Waals surface area contributed by atoms with Gasteiger partial charge in [-0.15, -0.1) is 0 Å². The topological polar surface area (TPSA) is 29.1 Å². The molecule has 0 aromatic heterocycles. The predicted octanol–water partition coefficient (Wildman–Crippen LogP) is 5.14. The Hall–Kier alpha value is -0.840. The van der Waals surface area contributed by atoms with Crippen molar-refractivity contribution in [2.75, 3.05) is 5.33 Å². The van der Waals surface area contributed by atoms with Crippen LogP contribution >= 0.6 is 43.5 Å². The van der Waals surface area contributed by atoms with Gasteiger partial charge in [-0.2, -0.15) is 0 Å². The summed E-state index contributed by atoms with van der Waals surface area (Å²) in [6.07, 6.45) is 0. The molecule has 1 N–H and O–H groups in total. The maximum absolute atomic E-state index is 12.5. The summed E-state index contributed by atoms with van der Waals surface area (Å²) in [6, 6.07) is 15.0. The molecule has 0 saturated carbocycles. The lowest BCUT2D eigenvalue weighted by molar-refractivity contribution is 0.0913. The molecule has 21 heavy (non-hydrogen) atoms. The van der Waals surface area contributed by atoms with Crippen molar-refractivity contribution >= 4 is 49.4 Å². The molecule has 2 aromatic rings. The van der Waals surface area contributed by atoms with Crippen LogP contribution in [0.1, 0.15) is 22.8 Å². The van der Waals surface area contributed by atoms with E-state index in [4.69, 9.17) is 11.6 Å². The van der Waals surface area contributed by atoms with E-state index in [1.165, 1.54) is 0 Å². The van der Waals surface area contributed by atoms with Crippen LogP contribution in [0.15, 0.2) is 53.0 Å². The number of hydrogen-bond donors (Lipinski definition) is 1. The van der Waals surface area contributed by atoms with Gasteiger partial charge in [-0.05, 0) is 46.6 Å². The Morgan fingerprint density at radius 3 is 2.48 bits per heavy atom. The first-order valence-electron chi connectivity index (χ1n) is 6.35. The van der Waals surface area contributed by atoms with Crippen molar-refractivity contribution in [3.63, 3.8) is 0 Å². The number of halogens is 3. The van der Waals surface area contributed by atoms with Gasteiger partial charge in [-0.1, -0.05) is 57.9 Å². The molecule has 2 rings (SSSR count). The molecular formula is C16H14Br2ClNO. The predicted molar refractivity (Wildman–Crippen MR) is 94.2 cm³/mol. The molecule has 0 radical (unpaired) electrons. The molecule has 0 bridgehead atoms. The third kappa shape index (κ3) is 3.87. The fourth-order valence-electron chi connectivity index (χ4n) is 1.98. The number of benzene rings is 2. The highest BCUT2D eigenvalue weighted by atomic mass is 79.9. The first-order chi connectivity index (χ1) is 9.96. The molecule has 0 heterocycles. The first-order valence-corrected chi connectivity index (χ1v) is 8.64. The summed E-state index contributed by atoms with van der Waals surface area (Å²) in [5, 5.41) is 4.28. The Morgan fingerprint density at radius 1 is 1.24 bits per heavy atom. The standard InChI is InChI=1S/C16H14Br2ClNO/c1-16(10-17,11-5-3-2-4-6-11)20-15(21)13-8-7-12(19)9-14(13)18/h2-9H,10H2,1H3,(H,20,21). The Labute approximate surface area is 146 Å². The summed E-state index contributed by atoms with van der Waals surface area (Å²) in [5.74, 6) is -0.149. The monoisotopic (exact) mass is 429 g/mol. The minimum absolute atomic E-state index is 0.149. The molecule has 0 fully saturated rings. The van der Waals surface area contributed by atoms with E-state index in [-0.39, 0.29) is 5.91 Å². The van der Waals surface area contributed by atoms with E-state index < -0.39 is 5.54 Å². The lowest BCUT2D eigenvalue weighted by Crippen LogP contribution is -2.45. The van der Waals surface area contributed by atoms with Gasteiger partial charge in [0, 0.05) is 14.8 Å². The summed E-state index contributed by atoms with van der Waals surface area (Å²) in [6.45, 7) is 1.98. The minimum atomic E-state index is -0.489. The number of amides is 1. The molecule has 0 saturated heterocycles. The van der Waals surface area contributed by atoms with Gasteiger partial charge in [0.2, 0.25) is 0 Å². The van der Waals surface area contributed by atoms with Crippen LogP contribution in [0, 0.1) is 0 Å². The molecule has 0 aliphatic rings. The van der Waals surface area contributed by atoms with Gasteiger partial charge in [-0.25, -0.2) is 0 Å². The van der Waals surface area contributed by atoms with Crippen LogP contribution in [0.25, 0.3) is 0 Å². The maximum atomic E-state index is 12.5. The van der Waals surface area contributed by atoms with E-state index in [1.54, 1.807) is 18.2 Å². The molecular weight excluding hydrogens is 417 g/mol. The molecule has 5 heteroatoms. The van der Waals surface area contributed by atoms with E-state index in [1.807, 2.05) is 37.3 Å². The molecule has 1 amide bonds. The van der Waals surface area contributed by atoms with Gasteiger partial charge in [0.05, 0.1) is 11.1 Å². The molecule has 0 aliphatic heterocycles. The zero-order valence-corrected chi connectivity index (χ0v) is 15.3. The fraction of sp³-hybridized carbons (Fsp3) is 0.188. The van der Waals surface area contributed by atoms with Crippen LogP contribution in [-0.4, -0.2) is 11.2 Å². The first kappa shape index (κ1) is 16.5. The molecule has 1 unspecified atom stereocenters. The van der Waals surface area contributed by atoms with Crippen LogP contribution in [-0.2, 0) is 5.54 Å². The molecule has 0 aliphatic carbocycles. The maximum Gasteiger partial charge on any atom is 0.253 e. The second-order valence-electron chi connectivity index (χ2n) is 4.91. The van der Waals surface area contributed by atoms with Crippen molar-refractivity contribution in [3.05, 3.63) is 69.2 Å². The lowest BCUT2D eigenvalue weighted by atomic mass is 9.94. The molecule has 110 valence electrons. The summed E-state index contributed by atoms with van der Waals surface area (Å²) in [4.78, 5) is 12.5. The van der Waals surface area contributed by atoms with Crippen molar-refractivity contribution < 1.29 is 4.79 Å². The molecule has 2 nitrogen and oxygen atoms in total.